The van der Waals surface area contributed by atoms with E-state index in [1.165, 1.54) is 0 Å². The number of esters is 2. The first-order valence-corrected chi connectivity index (χ1v) is 11.5. The van der Waals surface area contributed by atoms with Gasteiger partial charge < -0.3 is 23.7 Å². The lowest BCUT2D eigenvalue weighted by Crippen LogP contribution is -2.76. The van der Waals surface area contributed by atoms with Crippen molar-refractivity contribution in [2.75, 3.05) is 0 Å². The maximum Gasteiger partial charge on any atom is 0.333 e. The van der Waals surface area contributed by atoms with Crippen molar-refractivity contribution in [2.45, 2.75) is 89.8 Å². The molecule has 0 bridgehead atoms. The fraction of sp³-hybridized carbons (Fsp3) is 0.680. The van der Waals surface area contributed by atoms with Crippen LogP contribution in [0.5, 0.6) is 0 Å². The molecule has 3 heterocycles. The van der Waals surface area contributed by atoms with Crippen LogP contribution >= 0.6 is 0 Å². The number of hydrogen-bond donors (Lipinski definition) is 1. The number of hydrogen-bond acceptors (Lipinski definition) is 7. The zero-order chi connectivity index (χ0) is 23.1. The highest BCUT2D eigenvalue weighted by atomic mass is 16.6. The Bertz CT molecular complexity index is 982. The number of furan rings is 1. The second-order valence-electron chi connectivity index (χ2n) is 10.4. The maximum absolute atomic E-state index is 13.6. The Morgan fingerprint density at radius 3 is 2.75 bits per heavy atom. The number of allylic oxidation sites excluding steroid dienone is 1. The molecule has 174 valence electrons. The highest BCUT2D eigenvalue weighted by molar-refractivity contribution is 5.88. The van der Waals surface area contributed by atoms with Gasteiger partial charge in [-0.3, -0.25) is 4.79 Å². The van der Waals surface area contributed by atoms with Crippen molar-refractivity contribution in [1.82, 2.24) is 0 Å². The van der Waals surface area contributed by atoms with Gasteiger partial charge in [0.15, 0.2) is 0 Å². The summed E-state index contributed by atoms with van der Waals surface area (Å²) in [6, 6.07) is 1.79. The summed E-state index contributed by atoms with van der Waals surface area (Å²) in [6.07, 6.45) is 5.60. The minimum absolute atomic E-state index is 0.0238. The van der Waals surface area contributed by atoms with Crippen LogP contribution in [0.4, 0.5) is 0 Å². The van der Waals surface area contributed by atoms with E-state index in [4.69, 9.17) is 18.6 Å². The summed E-state index contributed by atoms with van der Waals surface area (Å²) >= 11 is 0. The third-order valence-electron chi connectivity index (χ3n) is 9.43. The summed E-state index contributed by atoms with van der Waals surface area (Å²) < 4.78 is 23.3. The molecule has 4 fully saturated rings. The van der Waals surface area contributed by atoms with Crippen molar-refractivity contribution >= 4 is 11.9 Å². The van der Waals surface area contributed by atoms with E-state index >= 15 is 0 Å². The standard InChI is InChI=1S/C25H32O7/c1-6-14(2)20(26)31-19-11-15(3)24(12-17(30-21(24)27)16-8-10-29-13-16)25(28)9-7-18-23(5,32-18)22(19,25)4/h6,8,10,13,15,17-19,28H,7,9,11-12H2,1-5H3/t15-,17-,18-,19-,22-,23-,24+,25-/m1/s1. The Labute approximate surface area is 188 Å². The van der Waals surface area contributed by atoms with Crippen molar-refractivity contribution in [3.05, 3.63) is 35.8 Å². The predicted octanol–water partition coefficient (Wildman–Crippen LogP) is 3.86. The van der Waals surface area contributed by atoms with E-state index in [0.717, 1.165) is 5.56 Å². The Morgan fingerprint density at radius 1 is 1.34 bits per heavy atom. The van der Waals surface area contributed by atoms with E-state index in [1.807, 2.05) is 20.8 Å². The molecule has 8 atom stereocenters. The second kappa shape index (κ2) is 6.70. The van der Waals surface area contributed by atoms with Gasteiger partial charge in [0.2, 0.25) is 0 Å². The average Bonchev–Trinajstić information content (AvgIpc) is 3.11. The molecule has 0 amide bonds. The number of aliphatic hydroxyl groups is 1. The van der Waals surface area contributed by atoms with Gasteiger partial charge in [-0.1, -0.05) is 19.9 Å². The number of fused-ring (bicyclic) bond motifs is 4. The van der Waals surface area contributed by atoms with Gasteiger partial charge in [0.1, 0.15) is 23.2 Å². The number of carbonyl (C=O) groups excluding carboxylic acids is 2. The van der Waals surface area contributed by atoms with E-state index in [-0.39, 0.29) is 18.0 Å². The number of epoxide rings is 1. The van der Waals surface area contributed by atoms with Gasteiger partial charge in [0.05, 0.1) is 29.6 Å². The van der Waals surface area contributed by atoms with Crippen molar-refractivity contribution in [2.24, 2.45) is 16.7 Å². The summed E-state index contributed by atoms with van der Waals surface area (Å²) in [7, 11) is 0. The fourth-order valence-electron chi connectivity index (χ4n) is 7.04. The molecule has 4 aliphatic rings. The molecule has 2 saturated carbocycles. The average molecular weight is 445 g/mol. The molecule has 7 nitrogen and oxygen atoms in total. The molecule has 5 rings (SSSR count). The largest absolute Gasteiger partial charge is 0.472 e. The van der Waals surface area contributed by atoms with E-state index in [0.29, 0.717) is 31.3 Å². The Balaban J connectivity index is 1.61. The molecule has 7 heteroatoms. The SMILES string of the molecule is CC=C(C)C(=O)O[C@@H]1C[C@@H](C)[C@]2(C[C@H](c3ccoc3)OC2=O)[C@@]2(O)CC[C@H]3O[C@@]3(C)[C@@]12C. The zero-order valence-electron chi connectivity index (χ0n) is 19.3. The lowest BCUT2D eigenvalue weighted by atomic mass is 9.40. The van der Waals surface area contributed by atoms with Crippen LogP contribution in [0.2, 0.25) is 0 Å². The maximum atomic E-state index is 13.6. The molecule has 1 N–H and O–H groups in total. The highest BCUT2D eigenvalue weighted by Crippen LogP contribution is 2.74. The Hall–Kier alpha value is -2.12. The third kappa shape index (κ3) is 2.39. The van der Waals surface area contributed by atoms with Gasteiger partial charge in [-0.15, -0.1) is 0 Å². The number of carbonyl (C=O) groups is 2. The molecule has 0 unspecified atom stereocenters. The van der Waals surface area contributed by atoms with Crippen molar-refractivity contribution in [3.8, 4) is 0 Å². The van der Waals surface area contributed by atoms with Gasteiger partial charge in [-0.25, -0.2) is 4.79 Å². The smallest absolute Gasteiger partial charge is 0.333 e. The molecular formula is C25H32O7. The number of ether oxygens (including phenoxy) is 3. The molecule has 1 aromatic heterocycles. The van der Waals surface area contributed by atoms with Gasteiger partial charge in [-0.05, 0) is 52.0 Å². The van der Waals surface area contributed by atoms with Crippen LogP contribution in [0.3, 0.4) is 0 Å². The molecule has 2 aliphatic heterocycles. The van der Waals surface area contributed by atoms with Crippen LogP contribution in [-0.4, -0.2) is 40.5 Å². The fourth-order valence-corrected chi connectivity index (χ4v) is 7.04. The lowest BCUT2D eigenvalue weighted by molar-refractivity contribution is -0.275. The normalized spacial score (nSPS) is 47.6. The van der Waals surface area contributed by atoms with Gasteiger partial charge >= 0.3 is 11.9 Å². The first-order chi connectivity index (χ1) is 15.0. The number of rotatable bonds is 3. The first kappa shape index (κ1) is 21.7. The molecule has 1 aromatic rings. The summed E-state index contributed by atoms with van der Waals surface area (Å²) in [6.45, 7) is 9.37. The minimum Gasteiger partial charge on any atom is -0.472 e. The molecule has 32 heavy (non-hydrogen) atoms. The Morgan fingerprint density at radius 2 is 2.09 bits per heavy atom. The van der Waals surface area contributed by atoms with Crippen LogP contribution in [0, 0.1) is 16.7 Å². The molecule has 1 spiro atoms. The zero-order valence-corrected chi connectivity index (χ0v) is 19.3. The first-order valence-electron chi connectivity index (χ1n) is 11.5. The minimum atomic E-state index is -1.45. The lowest BCUT2D eigenvalue weighted by Gasteiger charge is -2.64. The van der Waals surface area contributed by atoms with E-state index in [2.05, 4.69) is 0 Å². The van der Waals surface area contributed by atoms with Crippen LogP contribution < -0.4 is 0 Å². The topological polar surface area (TPSA) is 98.5 Å². The summed E-state index contributed by atoms with van der Waals surface area (Å²) in [5, 5.41) is 12.6. The summed E-state index contributed by atoms with van der Waals surface area (Å²) in [4.78, 5) is 26.4. The van der Waals surface area contributed by atoms with Gasteiger partial charge in [0.25, 0.3) is 0 Å². The summed E-state index contributed by atoms with van der Waals surface area (Å²) in [5.41, 5.74) is -2.93. The van der Waals surface area contributed by atoms with Gasteiger partial charge in [-0.2, -0.15) is 0 Å². The van der Waals surface area contributed by atoms with Crippen LogP contribution in [-0.2, 0) is 23.8 Å². The quantitative estimate of drug-likeness (QED) is 0.429. The summed E-state index contributed by atoms with van der Waals surface area (Å²) in [5.74, 6) is -1.05. The molecular weight excluding hydrogens is 412 g/mol. The molecule has 0 radical (unpaired) electrons. The molecule has 2 saturated heterocycles. The van der Waals surface area contributed by atoms with Crippen molar-refractivity contribution in [1.29, 1.82) is 0 Å². The van der Waals surface area contributed by atoms with Crippen LogP contribution in [0.15, 0.2) is 34.7 Å². The van der Waals surface area contributed by atoms with Crippen LogP contribution in [0.1, 0.15) is 72.0 Å². The van der Waals surface area contributed by atoms with E-state index in [1.54, 1.807) is 38.5 Å². The van der Waals surface area contributed by atoms with Crippen molar-refractivity contribution < 1.29 is 33.3 Å². The molecule has 0 aromatic carbocycles. The van der Waals surface area contributed by atoms with Gasteiger partial charge in [0, 0.05) is 17.6 Å². The highest BCUT2D eigenvalue weighted by Gasteiger charge is 2.85. The van der Waals surface area contributed by atoms with Crippen molar-refractivity contribution in [3.63, 3.8) is 0 Å². The van der Waals surface area contributed by atoms with E-state index < -0.39 is 40.2 Å². The molecule has 2 aliphatic carbocycles. The monoisotopic (exact) mass is 444 g/mol. The number of cyclic esters (lactones) is 1. The van der Waals surface area contributed by atoms with E-state index in [9.17, 15) is 14.7 Å². The third-order valence-corrected chi connectivity index (χ3v) is 9.43. The predicted molar refractivity (Wildman–Crippen MR) is 113 cm³/mol. The second-order valence-corrected chi connectivity index (χ2v) is 10.4. The van der Waals surface area contributed by atoms with Crippen LogP contribution in [0.25, 0.3) is 0 Å². The Kier molecular flexibility index (Phi) is 4.55.